The number of aliphatic hydroxyl groups is 1. The van der Waals surface area contributed by atoms with Crippen LogP contribution in [0, 0.1) is 0 Å². The summed E-state index contributed by atoms with van der Waals surface area (Å²) in [5.41, 5.74) is 0. The topological polar surface area (TPSA) is 74.6 Å². The summed E-state index contributed by atoms with van der Waals surface area (Å²) in [6.45, 7) is -0.553. The Balaban J connectivity index is 3.99. The first-order valence-corrected chi connectivity index (χ1v) is 11.2. The highest BCUT2D eigenvalue weighted by Crippen LogP contribution is 2.13. The summed E-state index contributed by atoms with van der Waals surface area (Å²) in [5, 5.41) is 18.9. The quantitative estimate of drug-likeness (QED) is 0.223. The average Bonchev–Trinajstić information content (AvgIpc) is 2.63. The fourth-order valence-corrected chi connectivity index (χ4v) is 3.43. The van der Waals surface area contributed by atoms with Crippen molar-refractivity contribution in [3.8, 4) is 0 Å². The molecule has 0 heterocycles. The summed E-state index contributed by atoms with van der Waals surface area (Å²) in [4.78, 5) is 23.2. The fraction of sp³-hybridized carbons (Fsp3) is 0.913. The first-order valence-electron chi connectivity index (χ1n) is 12.7. The number of hydrogen-bond donors (Lipinski definition) is 2. The zero-order valence-corrected chi connectivity index (χ0v) is 18.5. The molecule has 28 heavy (non-hydrogen) atoms. The number of carbonyl (C=O) groups is 2. The van der Waals surface area contributed by atoms with Crippen molar-refractivity contribution in [1.82, 2.24) is 0 Å². The van der Waals surface area contributed by atoms with Gasteiger partial charge in [0.15, 0.2) is 5.78 Å². The summed E-state index contributed by atoms with van der Waals surface area (Å²) in [6, 6.07) is 0. The second-order valence-electron chi connectivity index (χ2n) is 8.50. The van der Waals surface area contributed by atoms with E-state index in [0.717, 1.165) is 19.3 Å². The number of quaternary nitrogens is 1. The molecule has 1 atom stereocenters. The highest BCUT2D eigenvalue weighted by molar-refractivity contribution is 5.79. The first kappa shape index (κ1) is 21.8. The molecule has 5 nitrogen and oxygen atoms in total. The molecule has 0 saturated heterocycles. The molecule has 0 bridgehead atoms. The van der Waals surface area contributed by atoms with Gasteiger partial charge in [-0.1, -0.05) is 84.0 Å². The molecule has 0 aromatic heterocycles. The van der Waals surface area contributed by atoms with Crippen LogP contribution in [-0.2, 0) is 9.59 Å². The molecule has 2 N–H and O–H groups in total. The molecule has 5 heteroatoms. The Morgan fingerprint density at radius 3 is 1.75 bits per heavy atom. The Morgan fingerprint density at radius 1 is 0.893 bits per heavy atom. The number of carbonyl (C=O) groups excluding carboxylic acids is 1. The molecule has 0 aliphatic rings. The Labute approximate surface area is 177 Å². The van der Waals surface area contributed by atoms with Crippen molar-refractivity contribution in [2.45, 2.75) is 109 Å². The van der Waals surface area contributed by atoms with Crippen molar-refractivity contribution >= 4 is 11.8 Å². The molecule has 0 aliphatic carbocycles. The number of hydrogen-bond acceptors (Lipinski definition) is 3. The monoisotopic (exact) mass is 403 g/mol. The van der Waals surface area contributed by atoms with Crippen LogP contribution in [-0.4, -0.2) is 59.7 Å². The average molecular weight is 404 g/mol. The van der Waals surface area contributed by atoms with Crippen LogP contribution < -0.4 is 0 Å². The van der Waals surface area contributed by atoms with Gasteiger partial charge in [0, 0.05) is 6.42 Å². The van der Waals surface area contributed by atoms with Crippen molar-refractivity contribution in [3.05, 3.63) is 0 Å². The summed E-state index contributed by atoms with van der Waals surface area (Å²) in [5.74, 6) is -1.59. The number of Topliss-reactive ketones (excluding diaryl/α,β-unsaturated/α-hetero) is 1. The van der Waals surface area contributed by atoms with E-state index < -0.39 is 29.5 Å². The predicted molar refractivity (Wildman–Crippen MR) is 115 cm³/mol. The number of ketones is 1. The molecule has 0 radical (unpaired) electrons. The van der Waals surface area contributed by atoms with Gasteiger partial charge >= 0.3 is 5.97 Å². The van der Waals surface area contributed by atoms with Crippen LogP contribution in [0.5, 0.6) is 0 Å². The summed E-state index contributed by atoms with van der Waals surface area (Å²) in [6.07, 6.45) is 12.3. The van der Waals surface area contributed by atoms with E-state index in [9.17, 15) is 14.7 Å². The third kappa shape index (κ3) is 18.4. The minimum Gasteiger partial charge on any atom is -0.481 e. The van der Waals surface area contributed by atoms with E-state index in [2.05, 4.69) is 6.92 Å². The van der Waals surface area contributed by atoms with E-state index in [0.29, 0.717) is 6.42 Å². The predicted octanol–water partition coefficient (Wildman–Crippen LogP) is 4.95. The lowest BCUT2D eigenvalue weighted by atomic mass is 10.0. The largest absolute Gasteiger partial charge is 0.481 e. The number of rotatable bonds is 20. The van der Waals surface area contributed by atoms with Crippen LogP contribution >= 0.6 is 0 Å². The van der Waals surface area contributed by atoms with Gasteiger partial charge in [0.25, 0.3) is 0 Å². The van der Waals surface area contributed by atoms with Gasteiger partial charge in [-0.05, 0) is 6.42 Å². The lowest BCUT2D eigenvalue weighted by molar-refractivity contribution is -0.885. The van der Waals surface area contributed by atoms with Crippen molar-refractivity contribution in [2.75, 3.05) is 27.1 Å². The van der Waals surface area contributed by atoms with Gasteiger partial charge in [0.05, 0.1) is 24.6 Å². The zero-order valence-electron chi connectivity index (χ0n) is 21.5. The van der Waals surface area contributed by atoms with Crippen molar-refractivity contribution < 1.29 is 28.4 Å². The van der Waals surface area contributed by atoms with Gasteiger partial charge in [-0.15, -0.1) is 0 Å². The third-order valence-electron chi connectivity index (χ3n) is 4.88. The molecule has 1 unspecified atom stereocenters. The molecule has 0 aromatic carbocycles. The Bertz CT molecular complexity index is 525. The van der Waals surface area contributed by atoms with Crippen LogP contribution in [0.2, 0.25) is 0 Å². The summed E-state index contributed by atoms with van der Waals surface area (Å²) < 4.78 is 23.3. The number of likely N-dealkylation sites (N-methyl/N-ethyl adjacent to an activating group) is 1. The van der Waals surface area contributed by atoms with Crippen LogP contribution in [0.1, 0.15) is 107 Å². The van der Waals surface area contributed by atoms with Crippen molar-refractivity contribution in [1.29, 1.82) is 0 Å². The van der Waals surface area contributed by atoms with Crippen molar-refractivity contribution in [3.63, 3.8) is 0 Å². The van der Waals surface area contributed by atoms with Gasteiger partial charge in [0.2, 0.25) is 0 Å². The number of aliphatic carboxylic acids is 1. The number of unbranched alkanes of at least 4 members (excludes halogenated alkanes) is 12. The fourth-order valence-electron chi connectivity index (χ4n) is 3.43. The Kier molecular flexibility index (Phi) is 13.2. The normalized spacial score (nSPS) is 16.1. The maximum atomic E-state index is 12.3. The van der Waals surface area contributed by atoms with Crippen LogP contribution in [0.25, 0.3) is 0 Å². The van der Waals surface area contributed by atoms with Gasteiger partial charge < -0.3 is 14.7 Å². The van der Waals surface area contributed by atoms with E-state index >= 15 is 0 Å². The molecule has 0 spiro atoms. The molecule has 0 aromatic rings. The lowest BCUT2D eigenvalue weighted by Crippen LogP contribution is -2.48. The second-order valence-corrected chi connectivity index (χ2v) is 8.50. The minimum atomic E-state index is -2.82. The Morgan fingerprint density at radius 2 is 1.32 bits per heavy atom. The maximum Gasteiger partial charge on any atom is 0.306 e. The highest BCUT2D eigenvalue weighted by Gasteiger charge is 2.25. The second kappa shape index (κ2) is 17.0. The SMILES string of the molecule is [2H]C(O)(CC(=O)O)C([2H])([2H])[N+](C)(C)CC(=O)CCCCCCCCCCCCCCC. The van der Waals surface area contributed by atoms with E-state index in [1.807, 2.05) is 0 Å². The molecule has 0 rings (SSSR count). The van der Waals surface area contributed by atoms with Gasteiger partial charge in [0.1, 0.15) is 19.1 Å². The third-order valence-corrected chi connectivity index (χ3v) is 4.88. The van der Waals surface area contributed by atoms with Crippen LogP contribution in [0.4, 0.5) is 0 Å². The molecule has 0 amide bonds. The molecular weight excluding hydrogens is 354 g/mol. The minimum absolute atomic E-state index is 0.136. The Hall–Kier alpha value is -0.940. The van der Waals surface area contributed by atoms with E-state index in [1.165, 1.54) is 78.3 Å². The van der Waals surface area contributed by atoms with Gasteiger partial charge in [-0.3, -0.25) is 9.59 Å². The van der Waals surface area contributed by atoms with Gasteiger partial charge in [-0.25, -0.2) is 0 Å². The molecule has 0 aliphatic heterocycles. The molecule has 0 saturated carbocycles. The molecule has 166 valence electrons. The summed E-state index contributed by atoms with van der Waals surface area (Å²) >= 11 is 0. The number of carboxylic acids is 1. The van der Waals surface area contributed by atoms with E-state index in [-0.39, 0.29) is 12.3 Å². The number of carboxylic acid groups (broad SMARTS) is 1. The number of nitrogens with zero attached hydrogens (tertiary/aromatic N) is 1. The van der Waals surface area contributed by atoms with Crippen molar-refractivity contribution in [2.24, 2.45) is 0 Å². The van der Waals surface area contributed by atoms with E-state index in [4.69, 9.17) is 9.22 Å². The zero-order chi connectivity index (χ0) is 24.0. The van der Waals surface area contributed by atoms with E-state index in [1.54, 1.807) is 0 Å². The highest BCUT2D eigenvalue weighted by atomic mass is 16.4. The van der Waals surface area contributed by atoms with Crippen LogP contribution in [0.3, 0.4) is 0 Å². The first-order chi connectivity index (χ1) is 14.4. The summed E-state index contributed by atoms with van der Waals surface area (Å²) in [7, 11) is 2.81. The maximum absolute atomic E-state index is 12.3. The van der Waals surface area contributed by atoms with Gasteiger partial charge in [-0.2, -0.15) is 0 Å². The standard InChI is InChI=1S/C23H45NO4/c1-4-5-6-7-8-9-10-11-12-13-14-15-16-17-21(25)19-24(2,3)20-22(26)18-23(27)28/h22,26H,4-20H2,1-3H3/p+1/i20D2,22D. The molecule has 0 fully saturated rings. The molecular formula is C23H46NO4+. The van der Waals surface area contributed by atoms with Crippen LogP contribution in [0.15, 0.2) is 0 Å². The smallest absolute Gasteiger partial charge is 0.306 e. The lowest BCUT2D eigenvalue weighted by Gasteiger charge is -2.30.